The van der Waals surface area contributed by atoms with E-state index in [1.807, 2.05) is 18.2 Å². The summed E-state index contributed by atoms with van der Waals surface area (Å²) >= 11 is 5.92. The van der Waals surface area contributed by atoms with Gasteiger partial charge in [0.05, 0.1) is 5.69 Å². The molecule has 0 atom stereocenters. The highest BCUT2D eigenvalue weighted by atomic mass is 35.5. The minimum Gasteiger partial charge on any atom is -0.355 e. The molecule has 0 amide bonds. The molecule has 3 rings (SSSR count). The zero-order chi connectivity index (χ0) is 14.7. The summed E-state index contributed by atoms with van der Waals surface area (Å²) < 4.78 is 13.9. The third-order valence-corrected chi connectivity index (χ3v) is 3.17. The first kappa shape index (κ1) is 13.5. The predicted octanol–water partition coefficient (Wildman–Crippen LogP) is 4.68. The van der Waals surface area contributed by atoms with Crippen molar-refractivity contribution in [3.05, 3.63) is 71.9 Å². The van der Waals surface area contributed by atoms with E-state index in [1.54, 1.807) is 30.7 Å². The maximum absolute atomic E-state index is 13.9. The van der Waals surface area contributed by atoms with Crippen molar-refractivity contribution in [1.29, 1.82) is 0 Å². The topological polar surface area (TPSA) is 37.8 Å². The quantitative estimate of drug-likeness (QED) is 0.763. The average Bonchev–Trinajstić information content (AvgIpc) is 2.51. The molecular weight excluding hydrogens is 289 g/mol. The van der Waals surface area contributed by atoms with Crippen LogP contribution in [-0.2, 0) is 0 Å². The van der Waals surface area contributed by atoms with Crippen LogP contribution in [0.2, 0.25) is 5.02 Å². The van der Waals surface area contributed by atoms with Gasteiger partial charge in [-0.3, -0.25) is 9.97 Å². The molecule has 5 heteroatoms. The Bertz CT molecular complexity index is 762. The summed E-state index contributed by atoms with van der Waals surface area (Å²) in [5.41, 5.74) is 2.61. The van der Waals surface area contributed by atoms with Crippen LogP contribution >= 0.6 is 11.6 Å². The smallest absolute Gasteiger partial charge is 0.132 e. The van der Waals surface area contributed by atoms with E-state index in [-0.39, 0.29) is 5.82 Å². The lowest BCUT2D eigenvalue weighted by Crippen LogP contribution is -1.93. The third-order valence-electron chi connectivity index (χ3n) is 2.93. The summed E-state index contributed by atoms with van der Waals surface area (Å²) in [4.78, 5) is 8.16. The zero-order valence-corrected chi connectivity index (χ0v) is 11.7. The van der Waals surface area contributed by atoms with Crippen LogP contribution in [0, 0.1) is 5.82 Å². The van der Waals surface area contributed by atoms with Gasteiger partial charge in [0.1, 0.15) is 5.82 Å². The maximum atomic E-state index is 13.9. The summed E-state index contributed by atoms with van der Waals surface area (Å²) in [6, 6.07) is 11.7. The molecule has 0 radical (unpaired) electrons. The first-order valence-electron chi connectivity index (χ1n) is 6.31. The Balaban J connectivity index is 1.95. The Morgan fingerprint density at radius 1 is 0.905 bits per heavy atom. The fourth-order valence-electron chi connectivity index (χ4n) is 1.95. The largest absolute Gasteiger partial charge is 0.355 e. The van der Waals surface area contributed by atoms with E-state index in [2.05, 4.69) is 15.3 Å². The van der Waals surface area contributed by atoms with Crippen LogP contribution in [0.15, 0.2) is 61.1 Å². The van der Waals surface area contributed by atoms with Gasteiger partial charge in [-0.2, -0.15) is 0 Å². The van der Waals surface area contributed by atoms with Gasteiger partial charge in [-0.1, -0.05) is 11.6 Å². The number of nitrogens with zero attached hydrogens (tertiary/aromatic N) is 2. The SMILES string of the molecule is Fc1ccc(Cl)cc1-c1cc(Nc2ccncc2)ccn1. The van der Waals surface area contributed by atoms with Crippen LogP contribution in [0.3, 0.4) is 0 Å². The van der Waals surface area contributed by atoms with Crippen molar-refractivity contribution in [2.24, 2.45) is 0 Å². The van der Waals surface area contributed by atoms with Crippen molar-refractivity contribution < 1.29 is 4.39 Å². The van der Waals surface area contributed by atoms with Crippen molar-refractivity contribution >= 4 is 23.0 Å². The molecule has 0 fully saturated rings. The Labute approximate surface area is 126 Å². The summed E-state index contributed by atoms with van der Waals surface area (Å²) in [5.74, 6) is -0.354. The lowest BCUT2D eigenvalue weighted by molar-refractivity contribution is 0.631. The Kier molecular flexibility index (Phi) is 3.79. The summed E-state index contributed by atoms with van der Waals surface area (Å²) in [5, 5.41) is 3.69. The molecule has 0 spiro atoms. The molecule has 21 heavy (non-hydrogen) atoms. The fourth-order valence-corrected chi connectivity index (χ4v) is 2.12. The van der Waals surface area contributed by atoms with Crippen molar-refractivity contribution in [3.63, 3.8) is 0 Å². The molecule has 0 saturated heterocycles. The minimum atomic E-state index is -0.354. The fraction of sp³-hybridized carbons (Fsp3) is 0. The van der Waals surface area contributed by atoms with Gasteiger partial charge in [0.2, 0.25) is 0 Å². The van der Waals surface area contributed by atoms with E-state index < -0.39 is 0 Å². The van der Waals surface area contributed by atoms with Gasteiger partial charge in [-0.05, 0) is 42.5 Å². The first-order chi connectivity index (χ1) is 10.2. The van der Waals surface area contributed by atoms with E-state index in [0.29, 0.717) is 16.3 Å². The van der Waals surface area contributed by atoms with Gasteiger partial charge in [-0.25, -0.2) is 4.39 Å². The predicted molar refractivity (Wildman–Crippen MR) is 82.2 cm³/mol. The number of hydrogen-bond acceptors (Lipinski definition) is 3. The second-order valence-electron chi connectivity index (χ2n) is 4.41. The number of anilines is 2. The molecule has 104 valence electrons. The molecule has 0 unspecified atom stereocenters. The van der Waals surface area contributed by atoms with Crippen molar-refractivity contribution in [2.75, 3.05) is 5.32 Å². The number of nitrogens with one attached hydrogen (secondary N) is 1. The second-order valence-corrected chi connectivity index (χ2v) is 4.85. The number of halogens is 2. The van der Waals surface area contributed by atoms with Gasteiger partial charge in [0.25, 0.3) is 0 Å². The van der Waals surface area contributed by atoms with E-state index in [1.165, 1.54) is 12.1 Å². The van der Waals surface area contributed by atoms with Crippen LogP contribution in [0.4, 0.5) is 15.8 Å². The highest BCUT2D eigenvalue weighted by Gasteiger charge is 2.08. The second kappa shape index (κ2) is 5.89. The molecule has 0 saturated carbocycles. The van der Waals surface area contributed by atoms with E-state index in [0.717, 1.165) is 11.4 Å². The van der Waals surface area contributed by atoms with Crippen LogP contribution in [0.25, 0.3) is 11.3 Å². The summed E-state index contributed by atoms with van der Waals surface area (Å²) in [6.45, 7) is 0. The van der Waals surface area contributed by atoms with Crippen LogP contribution < -0.4 is 5.32 Å². The molecular formula is C16H11ClFN3. The standard InChI is InChI=1S/C16H11ClFN3/c17-11-1-2-15(18)14(9-11)16-10-13(5-8-20-16)21-12-3-6-19-7-4-12/h1-10H,(H,19,20,21). The van der Waals surface area contributed by atoms with Gasteiger partial charge in [-0.15, -0.1) is 0 Å². The highest BCUT2D eigenvalue weighted by Crippen LogP contribution is 2.27. The van der Waals surface area contributed by atoms with Crippen LogP contribution in [0.1, 0.15) is 0 Å². The first-order valence-corrected chi connectivity index (χ1v) is 6.69. The third kappa shape index (κ3) is 3.17. The molecule has 2 heterocycles. The number of hydrogen-bond donors (Lipinski definition) is 1. The molecule has 1 aromatic carbocycles. The number of aromatic nitrogens is 2. The lowest BCUT2D eigenvalue weighted by Gasteiger charge is -2.08. The van der Waals surface area contributed by atoms with Gasteiger partial charge < -0.3 is 5.32 Å². The molecule has 0 aliphatic heterocycles. The molecule has 3 aromatic rings. The van der Waals surface area contributed by atoms with E-state index >= 15 is 0 Å². The number of benzene rings is 1. The Morgan fingerprint density at radius 2 is 1.67 bits per heavy atom. The molecule has 0 aliphatic rings. The Hall–Kier alpha value is -2.46. The molecule has 0 bridgehead atoms. The van der Waals surface area contributed by atoms with Gasteiger partial charge in [0.15, 0.2) is 0 Å². The van der Waals surface area contributed by atoms with Gasteiger partial charge in [0, 0.05) is 40.6 Å². The lowest BCUT2D eigenvalue weighted by atomic mass is 10.1. The van der Waals surface area contributed by atoms with Gasteiger partial charge >= 0.3 is 0 Å². The maximum Gasteiger partial charge on any atom is 0.132 e. The van der Waals surface area contributed by atoms with E-state index in [9.17, 15) is 4.39 Å². The monoisotopic (exact) mass is 299 g/mol. The minimum absolute atomic E-state index is 0.354. The number of rotatable bonds is 3. The van der Waals surface area contributed by atoms with Crippen molar-refractivity contribution in [2.45, 2.75) is 0 Å². The molecule has 3 nitrogen and oxygen atoms in total. The summed E-state index contributed by atoms with van der Waals surface area (Å²) in [7, 11) is 0. The van der Waals surface area contributed by atoms with Crippen molar-refractivity contribution in [3.8, 4) is 11.3 Å². The summed E-state index contributed by atoms with van der Waals surface area (Å²) in [6.07, 6.45) is 5.02. The molecule has 0 aliphatic carbocycles. The average molecular weight is 300 g/mol. The normalized spacial score (nSPS) is 10.4. The van der Waals surface area contributed by atoms with Crippen LogP contribution in [-0.4, -0.2) is 9.97 Å². The Morgan fingerprint density at radius 3 is 2.48 bits per heavy atom. The molecule has 2 aromatic heterocycles. The molecule has 1 N–H and O–H groups in total. The number of pyridine rings is 2. The zero-order valence-electron chi connectivity index (χ0n) is 10.9. The van der Waals surface area contributed by atoms with E-state index in [4.69, 9.17) is 11.6 Å². The van der Waals surface area contributed by atoms with Crippen LogP contribution in [0.5, 0.6) is 0 Å². The highest BCUT2D eigenvalue weighted by molar-refractivity contribution is 6.30. The van der Waals surface area contributed by atoms with Crippen molar-refractivity contribution in [1.82, 2.24) is 9.97 Å².